The molecular weight excluding hydrogens is 1010 g/mol. The van der Waals surface area contributed by atoms with Crippen molar-refractivity contribution < 1.29 is 32.0 Å². The number of esters is 2. The number of ether oxygens (including phenoxy) is 2. The Morgan fingerprint density at radius 3 is 0.613 bits per heavy atom. The molecule has 7 nitrogen and oxygen atoms in total. The largest absolute Gasteiger partial charge is 0.462 e. The minimum Gasteiger partial charge on any atom is -0.462 e. The Kier molecular flexibility index (Phi) is 62.9. The summed E-state index contributed by atoms with van der Waals surface area (Å²) in [6.07, 6.45) is 75.5. The summed E-state index contributed by atoms with van der Waals surface area (Å²) in [6.45, 7) is 9.11. The Morgan fingerprint density at radius 1 is 0.275 bits per heavy atom. The van der Waals surface area contributed by atoms with E-state index in [2.05, 4.69) is 27.7 Å². The van der Waals surface area contributed by atoms with Gasteiger partial charge in [-0.25, -0.2) is 0 Å². The summed E-state index contributed by atoms with van der Waals surface area (Å²) in [6, 6.07) is 0. The molecule has 0 aromatic carbocycles. The SMILES string of the molecule is CCCCCCCCCCCCCCCCCC(CCCCCCCCCCCCCCCC)OC(=O)CC(C(=O)OC(CCCCCCCCCCCCCCCC)CCCCCCCCCCCCCCCCC)S(=O)(=O)O. The van der Waals surface area contributed by atoms with E-state index in [4.69, 9.17) is 9.47 Å². The Balaban J connectivity index is 5.29. The van der Waals surface area contributed by atoms with E-state index in [1.165, 1.54) is 308 Å². The first-order valence-electron chi connectivity index (χ1n) is 36.6. The number of hydrogen-bond acceptors (Lipinski definition) is 6. The second-order valence-corrected chi connectivity index (χ2v) is 27.2. The minimum absolute atomic E-state index is 0.321. The lowest BCUT2D eigenvalue weighted by Gasteiger charge is -2.22. The predicted molar refractivity (Wildman–Crippen MR) is 349 cm³/mol. The van der Waals surface area contributed by atoms with Crippen molar-refractivity contribution in [1.29, 1.82) is 0 Å². The Bertz CT molecular complexity index is 1350. The summed E-state index contributed by atoms with van der Waals surface area (Å²) in [7, 11) is -4.90. The second kappa shape index (κ2) is 63.9. The molecule has 0 spiro atoms. The zero-order chi connectivity index (χ0) is 58.3. The summed E-state index contributed by atoms with van der Waals surface area (Å²) in [4.78, 5) is 27.5. The van der Waals surface area contributed by atoms with Gasteiger partial charge in [-0.15, -0.1) is 0 Å². The number of rotatable bonds is 68. The van der Waals surface area contributed by atoms with Crippen molar-refractivity contribution >= 4 is 22.1 Å². The van der Waals surface area contributed by atoms with Crippen molar-refractivity contribution in [3.8, 4) is 0 Å². The third-order valence-electron chi connectivity index (χ3n) is 17.6. The molecule has 0 bridgehead atoms. The highest BCUT2D eigenvalue weighted by Gasteiger charge is 2.37. The molecule has 0 aliphatic heterocycles. The molecule has 0 amide bonds. The predicted octanol–water partition coefficient (Wildman–Crippen LogP) is 24.7. The first-order chi connectivity index (χ1) is 39.2. The fraction of sp³-hybridized carbons (Fsp3) is 0.972. The first-order valence-corrected chi connectivity index (χ1v) is 38.1. The van der Waals surface area contributed by atoms with Crippen molar-refractivity contribution in [3.63, 3.8) is 0 Å². The van der Waals surface area contributed by atoms with Gasteiger partial charge in [0.25, 0.3) is 10.1 Å². The number of hydrogen-bond donors (Lipinski definition) is 1. The lowest BCUT2D eigenvalue weighted by molar-refractivity contribution is -0.156. The van der Waals surface area contributed by atoms with Gasteiger partial charge in [-0.3, -0.25) is 14.1 Å². The van der Waals surface area contributed by atoms with E-state index in [1.54, 1.807) is 0 Å². The highest BCUT2D eigenvalue weighted by atomic mass is 32.2. The Labute approximate surface area is 501 Å². The van der Waals surface area contributed by atoms with Gasteiger partial charge in [0.05, 0.1) is 6.42 Å². The third-order valence-corrected chi connectivity index (χ3v) is 18.7. The van der Waals surface area contributed by atoms with Crippen molar-refractivity contribution in [2.75, 3.05) is 0 Å². The van der Waals surface area contributed by atoms with Gasteiger partial charge in [0.15, 0.2) is 5.25 Å². The quantitative estimate of drug-likeness (QED) is 0.0367. The van der Waals surface area contributed by atoms with Gasteiger partial charge in [-0.1, -0.05) is 374 Å². The lowest BCUT2D eigenvalue weighted by atomic mass is 10.0. The zero-order valence-electron chi connectivity index (χ0n) is 54.6. The van der Waals surface area contributed by atoms with E-state index < -0.39 is 39.8 Å². The highest BCUT2D eigenvalue weighted by Crippen LogP contribution is 2.24. The molecule has 80 heavy (non-hydrogen) atoms. The molecule has 0 fully saturated rings. The highest BCUT2D eigenvalue weighted by molar-refractivity contribution is 7.87. The van der Waals surface area contributed by atoms with Crippen LogP contribution in [0.15, 0.2) is 0 Å². The molecular formula is C72H142O7S. The van der Waals surface area contributed by atoms with Gasteiger partial charge < -0.3 is 9.47 Å². The van der Waals surface area contributed by atoms with Crippen molar-refractivity contribution in [2.24, 2.45) is 0 Å². The van der Waals surface area contributed by atoms with Crippen LogP contribution in [0.2, 0.25) is 0 Å². The van der Waals surface area contributed by atoms with E-state index in [0.29, 0.717) is 12.8 Å². The molecule has 0 rings (SSSR count). The van der Waals surface area contributed by atoms with Crippen LogP contribution in [0.5, 0.6) is 0 Å². The van der Waals surface area contributed by atoms with Crippen LogP contribution in [0.3, 0.4) is 0 Å². The van der Waals surface area contributed by atoms with Crippen LogP contribution >= 0.6 is 0 Å². The van der Waals surface area contributed by atoms with E-state index >= 15 is 0 Å². The van der Waals surface area contributed by atoms with Crippen LogP contribution in [0.25, 0.3) is 0 Å². The molecule has 0 aliphatic carbocycles. The zero-order valence-corrected chi connectivity index (χ0v) is 55.4. The summed E-state index contributed by atoms with van der Waals surface area (Å²) in [5.74, 6) is -1.74. The summed E-state index contributed by atoms with van der Waals surface area (Å²) in [5.41, 5.74) is 0. The third kappa shape index (κ3) is 58.6. The van der Waals surface area contributed by atoms with Crippen LogP contribution in [0.4, 0.5) is 0 Å². The molecule has 0 radical (unpaired) electrons. The standard InChI is InChI=1S/C72H142O7S/c1-5-9-13-17-21-25-29-33-37-41-44-48-52-56-60-64-68(63-59-55-51-47-43-39-35-31-27-23-19-15-11-7-3)78-71(73)67-70(80(75,76)77)72(74)79-69(65-61-57-53-49-45-40-36-32-28-24-20-16-12-8-4)66-62-58-54-50-46-42-38-34-30-26-22-18-14-10-6-2/h68-70H,5-67H2,1-4H3,(H,75,76,77). The van der Waals surface area contributed by atoms with Crippen LogP contribution in [0.1, 0.15) is 432 Å². The van der Waals surface area contributed by atoms with Gasteiger partial charge >= 0.3 is 11.9 Å². The van der Waals surface area contributed by atoms with Crippen molar-refractivity contribution in [3.05, 3.63) is 0 Å². The molecule has 0 aromatic heterocycles. The normalized spacial score (nSPS) is 13.0. The maximum atomic E-state index is 13.8. The Morgan fingerprint density at radius 2 is 0.438 bits per heavy atom. The van der Waals surface area contributed by atoms with E-state index in [0.717, 1.165) is 77.0 Å². The second-order valence-electron chi connectivity index (χ2n) is 25.6. The van der Waals surface area contributed by atoms with Crippen LogP contribution in [0, 0.1) is 0 Å². The van der Waals surface area contributed by atoms with Gasteiger partial charge in [-0.05, 0) is 51.4 Å². The van der Waals surface area contributed by atoms with Gasteiger partial charge in [0, 0.05) is 0 Å². The van der Waals surface area contributed by atoms with Gasteiger partial charge in [0.2, 0.25) is 0 Å². The molecule has 0 saturated heterocycles. The lowest BCUT2D eigenvalue weighted by Crippen LogP contribution is -2.37. The maximum Gasteiger partial charge on any atom is 0.327 e. The molecule has 1 N–H and O–H groups in total. The summed E-state index contributed by atoms with van der Waals surface area (Å²) < 4.78 is 48.2. The summed E-state index contributed by atoms with van der Waals surface area (Å²) >= 11 is 0. The van der Waals surface area contributed by atoms with Crippen molar-refractivity contribution in [2.45, 2.75) is 450 Å². The van der Waals surface area contributed by atoms with Gasteiger partial charge in [0.1, 0.15) is 12.2 Å². The molecule has 3 atom stereocenters. The number of unbranched alkanes of at least 4 members (excludes halogenated alkanes) is 54. The average Bonchev–Trinajstić information content (AvgIpc) is 3.44. The number of carbonyl (C=O) groups excluding carboxylic acids is 2. The fourth-order valence-electron chi connectivity index (χ4n) is 12.1. The molecule has 3 unspecified atom stereocenters. The van der Waals surface area contributed by atoms with Crippen LogP contribution < -0.4 is 0 Å². The first kappa shape index (κ1) is 78.8. The smallest absolute Gasteiger partial charge is 0.327 e. The molecule has 0 aromatic rings. The van der Waals surface area contributed by atoms with Crippen LogP contribution in [-0.2, 0) is 29.2 Å². The van der Waals surface area contributed by atoms with E-state index in [9.17, 15) is 22.6 Å². The van der Waals surface area contributed by atoms with Crippen LogP contribution in [-0.4, -0.2) is 42.4 Å². The Hall–Kier alpha value is -1.15. The van der Waals surface area contributed by atoms with E-state index in [1.807, 2.05) is 0 Å². The minimum atomic E-state index is -4.90. The molecule has 0 heterocycles. The van der Waals surface area contributed by atoms with E-state index in [-0.39, 0.29) is 6.10 Å². The number of carbonyl (C=O) groups is 2. The molecule has 0 aliphatic rings. The molecule has 0 saturated carbocycles. The fourth-order valence-corrected chi connectivity index (χ4v) is 12.7. The van der Waals surface area contributed by atoms with Gasteiger partial charge in [-0.2, -0.15) is 8.42 Å². The molecule has 478 valence electrons. The topological polar surface area (TPSA) is 107 Å². The maximum absolute atomic E-state index is 13.8. The van der Waals surface area contributed by atoms with Crippen molar-refractivity contribution in [1.82, 2.24) is 0 Å². The monoisotopic (exact) mass is 1150 g/mol. The molecule has 8 heteroatoms. The summed E-state index contributed by atoms with van der Waals surface area (Å²) in [5, 5.41) is -1.97. The average molecular weight is 1150 g/mol.